The topological polar surface area (TPSA) is 75.2 Å². The van der Waals surface area contributed by atoms with Crippen molar-refractivity contribution in [2.45, 2.75) is 31.7 Å². The van der Waals surface area contributed by atoms with Crippen LogP contribution in [0.4, 0.5) is 0 Å². The summed E-state index contributed by atoms with van der Waals surface area (Å²) in [5.74, 6) is -0.0766. The zero-order valence-electron chi connectivity index (χ0n) is 15.9. The molecule has 6 nitrogen and oxygen atoms in total. The lowest BCUT2D eigenvalue weighted by Crippen LogP contribution is -2.40. The fourth-order valence-electron chi connectivity index (χ4n) is 3.97. The molecule has 29 heavy (non-hydrogen) atoms. The molecular weight excluding hydrogens is 390 g/mol. The summed E-state index contributed by atoms with van der Waals surface area (Å²) in [7, 11) is 0. The van der Waals surface area contributed by atoms with Crippen molar-refractivity contribution >= 4 is 34.3 Å². The van der Waals surface area contributed by atoms with Crippen LogP contribution in [0.5, 0.6) is 0 Å². The number of amides is 1. The predicted octanol–water partition coefficient (Wildman–Crippen LogP) is 3.81. The molecule has 0 radical (unpaired) electrons. The number of fused-ring (bicyclic) bond motifs is 1. The van der Waals surface area contributed by atoms with Gasteiger partial charge < -0.3 is 9.88 Å². The van der Waals surface area contributed by atoms with E-state index in [0.717, 1.165) is 23.9 Å². The number of hydrogen-bond acceptors (Lipinski definition) is 3. The van der Waals surface area contributed by atoms with Crippen molar-refractivity contribution in [1.82, 2.24) is 14.5 Å². The summed E-state index contributed by atoms with van der Waals surface area (Å²) >= 11 is 5.84. The molecule has 2 heterocycles. The average molecular weight is 412 g/mol. The molecule has 0 unspecified atom stereocenters. The maximum atomic E-state index is 12.5. The second-order valence-electron chi connectivity index (χ2n) is 7.36. The normalized spacial score (nSPS) is 15.0. The predicted molar refractivity (Wildman–Crippen MR) is 112 cm³/mol. The fourth-order valence-corrected chi connectivity index (χ4v) is 4.09. The first kappa shape index (κ1) is 19.5. The molecule has 1 amide bonds. The Balaban J connectivity index is 1.34. The fraction of sp³-hybridized carbons (Fsp3) is 0.318. The summed E-state index contributed by atoms with van der Waals surface area (Å²) in [5, 5.41) is 0.579. The second kappa shape index (κ2) is 8.25. The summed E-state index contributed by atoms with van der Waals surface area (Å²) < 4.78 is 1.81. The molecule has 1 N–H and O–H groups in total. The van der Waals surface area contributed by atoms with Crippen LogP contribution in [0.2, 0.25) is 5.02 Å². The molecule has 0 spiro atoms. The highest BCUT2D eigenvalue weighted by atomic mass is 35.5. The number of hydrogen-bond donors (Lipinski definition) is 1. The number of carbonyl (C=O) groups is 2. The maximum Gasteiger partial charge on any atom is 0.326 e. The largest absolute Gasteiger partial charge is 0.343 e. The Morgan fingerprint density at radius 2 is 1.69 bits per heavy atom. The van der Waals surface area contributed by atoms with Gasteiger partial charge in [-0.3, -0.25) is 14.2 Å². The number of carbonyl (C=O) groups excluding carboxylic acids is 2. The Bertz CT molecular complexity index is 1090. The van der Waals surface area contributed by atoms with Gasteiger partial charge in [0.05, 0.1) is 11.0 Å². The van der Waals surface area contributed by atoms with Crippen molar-refractivity contribution in [1.29, 1.82) is 0 Å². The molecular formula is C22H22ClN3O3. The minimum absolute atomic E-state index is 0.0166. The molecule has 7 heteroatoms. The van der Waals surface area contributed by atoms with Gasteiger partial charge >= 0.3 is 5.69 Å². The van der Waals surface area contributed by atoms with Crippen LogP contribution in [0.1, 0.15) is 42.1 Å². The highest BCUT2D eigenvalue weighted by Crippen LogP contribution is 2.25. The zero-order chi connectivity index (χ0) is 20.4. The number of Topliss-reactive ketones (excluding diaryl/α,β-unsaturated/α-hetero) is 1. The van der Waals surface area contributed by atoms with E-state index in [1.165, 1.54) is 0 Å². The van der Waals surface area contributed by atoms with Crippen LogP contribution >= 0.6 is 11.6 Å². The van der Waals surface area contributed by atoms with Crippen molar-refractivity contribution in [3.63, 3.8) is 0 Å². The summed E-state index contributed by atoms with van der Waals surface area (Å²) in [6.45, 7) is 1.18. The summed E-state index contributed by atoms with van der Waals surface area (Å²) in [5.41, 5.74) is 2.19. The van der Waals surface area contributed by atoms with Gasteiger partial charge in [-0.05, 0) is 49.2 Å². The highest BCUT2D eigenvalue weighted by Gasteiger charge is 2.26. The van der Waals surface area contributed by atoms with E-state index in [-0.39, 0.29) is 36.3 Å². The third-order valence-electron chi connectivity index (χ3n) is 5.54. The lowest BCUT2D eigenvalue weighted by molar-refractivity contribution is -0.132. The SMILES string of the molecule is O=C(CCC(=O)N1CCC(n2c(=O)[nH]c3ccccc32)CC1)c1ccc(Cl)cc1. The number of aromatic nitrogens is 2. The van der Waals surface area contributed by atoms with Crippen LogP contribution in [0.15, 0.2) is 53.3 Å². The number of nitrogens with zero attached hydrogens (tertiary/aromatic N) is 2. The van der Waals surface area contributed by atoms with Crippen molar-refractivity contribution < 1.29 is 9.59 Å². The molecule has 1 saturated heterocycles. The smallest absolute Gasteiger partial charge is 0.326 e. The minimum atomic E-state index is -0.107. The van der Waals surface area contributed by atoms with E-state index in [9.17, 15) is 14.4 Å². The van der Waals surface area contributed by atoms with Gasteiger partial charge in [0.15, 0.2) is 5.78 Å². The second-order valence-corrected chi connectivity index (χ2v) is 7.80. The summed E-state index contributed by atoms with van der Waals surface area (Å²) in [6, 6.07) is 14.4. The molecule has 0 bridgehead atoms. The first-order valence-electron chi connectivity index (χ1n) is 9.79. The number of imidazole rings is 1. The molecule has 150 valence electrons. The lowest BCUT2D eigenvalue weighted by atomic mass is 10.0. The van der Waals surface area contributed by atoms with Crippen LogP contribution in [0, 0.1) is 0 Å². The number of nitrogens with one attached hydrogen (secondary N) is 1. The number of benzene rings is 2. The van der Waals surface area contributed by atoms with E-state index in [0.29, 0.717) is 23.7 Å². The van der Waals surface area contributed by atoms with Crippen LogP contribution in [0.25, 0.3) is 11.0 Å². The Labute approximate surface area is 173 Å². The van der Waals surface area contributed by atoms with Gasteiger partial charge in [0, 0.05) is 42.6 Å². The molecule has 1 aliphatic rings. The number of piperidine rings is 1. The average Bonchev–Trinajstić information content (AvgIpc) is 3.08. The number of H-pyrrole nitrogens is 1. The molecule has 1 aromatic heterocycles. The van der Waals surface area contributed by atoms with Gasteiger partial charge in [-0.2, -0.15) is 0 Å². The minimum Gasteiger partial charge on any atom is -0.343 e. The molecule has 2 aromatic carbocycles. The van der Waals surface area contributed by atoms with E-state index in [4.69, 9.17) is 11.6 Å². The van der Waals surface area contributed by atoms with Crippen molar-refractivity contribution in [2.24, 2.45) is 0 Å². The molecule has 0 saturated carbocycles. The summed E-state index contributed by atoms with van der Waals surface area (Å²) in [4.78, 5) is 41.9. The van der Waals surface area contributed by atoms with Crippen LogP contribution in [-0.4, -0.2) is 39.2 Å². The number of ketones is 1. The van der Waals surface area contributed by atoms with Crippen LogP contribution in [-0.2, 0) is 4.79 Å². The first-order valence-corrected chi connectivity index (χ1v) is 10.2. The lowest BCUT2D eigenvalue weighted by Gasteiger charge is -2.32. The standard InChI is InChI=1S/C22H22ClN3O3/c23-16-7-5-15(6-8-16)20(27)9-10-21(28)25-13-11-17(12-14-25)26-19-4-2-1-3-18(19)24-22(26)29/h1-8,17H,9-14H2,(H,24,29). The van der Waals surface area contributed by atoms with E-state index in [1.54, 1.807) is 33.7 Å². The molecule has 3 aromatic rings. The first-order chi connectivity index (χ1) is 14.0. The zero-order valence-corrected chi connectivity index (χ0v) is 16.7. The van der Waals surface area contributed by atoms with E-state index in [1.807, 2.05) is 24.3 Å². The molecule has 4 rings (SSSR count). The van der Waals surface area contributed by atoms with Crippen molar-refractivity contribution in [2.75, 3.05) is 13.1 Å². The van der Waals surface area contributed by atoms with Gasteiger partial charge in [-0.1, -0.05) is 23.7 Å². The maximum absolute atomic E-state index is 12.5. The third kappa shape index (κ3) is 4.12. The van der Waals surface area contributed by atoms with Gasteiger partial charge in [-0.25, -0.2) is 4.79 Å². The number of halogens is 1. The van der Waals surface area contributed by atoms with Gasteiger partial charge in [0.25, 0.3) is 0 Å². The Morgan fingerprint density at radius 1 is 1.00 bits per heavy atom. The number of aromatic amines is 1. The van der Waals surface area contributed by atoms with Crippen molar-refractivity contribution in [3.05, 3.63) is 69.6 Å². The van der Waals surface area contributed by atoms with Gasteiger partial charge in [-0.15, -0.1) is 0 Å². The molecule has 0 aliphatic carbocycles. The Kier molecular flexibility index (Phi) is 5.53. The molecule has 1 fully saturated rings. The summed E-state index contributed by atoms with van der Waals surface area (Å²) in [6.07, 6.45) is 1.82. The van der Waals surface area contributed by atoms with E-state index >= 15 is 0 Å². The molecule has 1 aliphatic heterocycles. The highest BCUT2D eigenvalue weighted by molar-refractivity contribution is 6.30. The van der Waals surface area contributed by atoms with E-state index < -0.39 is 0 Å². The monoisotopic (exact) mass is 411 g/mol. The van der Waals surface area contributed by atoms with Crippen molar-refractivity contribution in [3.8, 4) is 0 Å². The Morgan fingerprint density at radius 3 is 2.41 bits per heavy atom. The van der Waals surface area contributed by atoms with Gasteiger partial charge in [0.2, 0.25) is 5.91 Å². The number of rotatable bonds is 5. The van der Waals surface area contributed by atoms with Crippen LogP contribution in [0.3, 0.4) is 0 Å². The quantitative estimate of drug-likeness (QED) is 0.648. The Hall–Kier alpha value is -2.86. The third-order valence-corrected chi connectivity index (χ3v) is 5.79. The number of para-hydroxylation sites is 2. The molecule has 0 atom stereocenters. The number of likely N-dealkylation sites (tertiary alicyclic amines) is 1. The van der Waals surface area contributed by atoms with E-state index in [2.05, 4.69) is 4.98 Å². The van der Waals surface area contributed by atoms with Gasteiger partial charge in [0.1, 0.15) is 0 Å². The van der Waals surface area contributed by atoms with Crippen LogP contribution < -0.4 is 5.69 Å².